The lowest BCUT2D eigenvalue weighted by molar-refractivity contribution is 0.0130. The summed E-state index contributed by atoms with van der Waals surface area (Å²) in [5, 5.41) is 8.36. The van der Waals surface area contributed by atoms with Crippen LogP contribution < -0.4 is 10.5 Å². The number of amides is 1. The van der Waals surface area contributed by atoms with Crippen molar-refractivity contribution < 1.29 is 17.9 Å². The van der Waals surface area contributed by atoms with Gasteiger partial charge < -0.3 is 15.0 Å². The van der Waals surface area contributed by atoms with Crippen LogP contribution in [-0.2, 0) is 14.8 Å². The molecule has 0 bridgehead atoms. The number of rotatable bonds is 7. The molecule has 2 aromatic rings. The van der Waals surface area contributed by atoms with Gasteiger partial charge in [-0.3, -0.25) is 4.98 Å². The molecule has 0 aliphatic carbocycles. The molecule has 1 amide bonds. The number of ether oxygens (including phenoxy) is 1. The predicted octanol–water partition coefficient (Wildman–Crippen LogP) is 4.09. The molecule has 34 heavy (non-hydrogen) atoms. The number of aromatic nitrogens is 2. The number of carbonyl (C=O) groups excluding carboxylic acids is 1. The van der Waals surface area contributed by atoms with E-state index >= 15 is 0 Å². The second-order valence-electron chi connectivity index (χ2n) is 10.4. The van der Waals surface area contributed by atoms with Crippen molar-refractivity contribution in [1.82, 2.24) is 14.9 Å². The Morgan fingerprint density at radius 2 is 2.00 bits per heavy atom. The summed E-state index contributed by atoms with van der Waals surface area (Å²) >= 11 is 0. The summed E-state index contributed by atoms with van der Waals surface area (Å²) < 4.78 is 29.0. The van der Waals surface area contributed by atoms with E-state index in [0.717, 1.165) is 25.0 Å². The predicted molar refractivity (Wildman–Crippen MR) is 131 cm³/mol. The molecule has 0 radical (unpaired) electrons. The van der Waals surface area contributed by atoms with Crippen molar-refractivity contribution >= 4 is 21.9 Å². The Bertz CT molecular complexity index is 1100. The molecule has 1 fully saturated rings. The normalized spacial score (nSPS) is 19.0. The molecule has 1 aliphatic rings. The largest absolute Gasteiger partial charge is 0.444 e. The van der Waals surface area contributed by atoms with Gasteiger partial charge >= 0.3 is 6.09 Å². The minimum absolute atomic E-state index is 0.192. The van der Waals surface area contributed by atoms with Gasteiger partial charge in [0, 0.05) is 18.3 Å². The van der Waals surface area contributed by atoms with Gasteiger partial charge in [-0.15, -0.1) is 0 Å². The van der Waals surface area contributed by atoms with Crippen molar-refractivity contribution in [1.29, 1.82) is 0 Å². The van der Waals surface area contributed by atoms with Crippen LogP contribution in [0.1, 0.15) is 65.6 Å². The highest BCUT2D eigenvalue weighted by Crippen LogP contribution is 2.37. The van der Waals surface area contributed by atoms with Gasteiger partial charge in [0.15, 0.2) is 5.03 Å². The van der Waals surface area contributed by atoms with E-state index in [1.165, 1.54) is 6.07 Å². The standard InChI is InChI=1S/C24H35N5O4S/c1-23(2,3)33-22(30)29-16-17(15-24(29,4)5)12-13-19(18-9-6-7-14-26-18)27-20-10-8-11-21(28-20)34(25,31)32/h6-11,14,17,19H,12-13,15-16H2,1-5H3,(H,27,28)(H2,25,31,32)/t17-,19?/m0/s1. The van der Waals surface area contributed by atoms with Crippen molar-refractivity contribution in [3.63, 3.8) is 0 Å². The van der Waals surface area contributed by atoms with E-state index in [4.69, 9.17) is 9.88 Å². The molecule has 0 spiro atoms. The van der Waals surface area contributed by atoms with Crippen molar-refractivity contribution in [2.75, 3.05) is 11.9 Å². The summed E-state index contributed by atoms with van der Waals surface area (Å²) in [6.07, 6.45) is 3.86. The van der Waals surface area contributed by atoms with E-state index in [1.807, 2.05) is 43.9 Å². The molecule has 2 atom stereocenters. The average molecular weight is 490 g/mol. The Morgan fingerprint density at radius 3 is 2.62 bits per heavy atom. The number of anilines is 1. The monoisotopic (exact) mass is 489 g/mol. The molecule has 1 saturated heterocycles. The topological polar surface area (TPSA) is 128 Å². The first-order valence-electron chi connectivity index (χ1n) is 11.4. The summed E-state index contributed by atoms with van der Waals surface area (Å²) in [7, 11) is -3.91. The van der Waals surface area contributed by atoms with Gasteiger partial charge in [0.05, 0.1) is 11.7 Å². The first kappa shape index (κ1) is 25.9. The van der Waals surface area contributed by atoms with E-state index in [2.05, 4.69) is 29.1 Å². The highest BCUT2D eigenvalue weighted by atomic mass is 32.2. The zero-order valence-corrected chi connectivity index (χ0v) is 21.3. The lowest BCUT2D eigenvalue weighted by Crippen LogP contribution is -2.45. The first-order chi connectivity index (χ1) is 15.7. The number of hydrogen-bond donors (Lipinski definition) is 2. The lowest BCUT2D eigenvalue weighted by atomic mass is 9.91. The minimum atomic E-state index is -3.91. The van der Waals surface area contributed by atoms with Gasteiger partial charge in [-0.2, -0.15) is 0 Å². The van der Waals surface area contributed by atoms with Crippen LogP contribution in [0.4, 0.5) is 10.6 Å². The summed E-state index contributed by atoms with van der Waals surface area (Å²) in [4.78, 5) is 23.2. The Hall–Kier alpha value is -2.72. The Labute approximate surface area is 202 Å². The number of carbonyl (C=O) groups is 1. The van der Waals surface area contributed by atoms with Crippen LogP contribution in [0.3, 0.4) is 0 Å². The second kappa shape index (κ2) is 9.87. The second-order valence-corrected chi connectivity index (χ2v) is 11.9. The number of nitrogens with zero attached hydrogens (tertiary/aromatic N) is 3. The highest BCUT2D eigenvalue weighted by molar-refractivity contribution is 7.89. The Kier molecular flexibility index (Phi) is 7.52. The maximum Gasteiger partial charge on any atom is 0.410 e. The fourth-order valence-electron chi connectivity index (χ4n) is 4.33. The summed E-state index contributed by atoms with van der Waals surface area (Å²) in [5.74, 6) is 0.698. The van der Waals surface area contributed by atoms with Crippen LogP contribution in [0.5, 0.6) is 0 Å². The number of nitrogens with two attached hydrogens (primary N) is 1. The first-order valence-corrected chi connectivity index (χ1v) is 13.0. The van der Waals surface area contributed by atoms with Gasteiger partial charge in [0.25, 0.3) is 10.0 Å². The molecule has 2 aromatic heterocycles. The fourth-order valence-corrected chi connectivity index (χ4v) is 4.82. The molecule has 3 heterocycles. The number of nitrogens with one attached hydrogen (secondary N) is 1. The van der Waals surface area contributed by atoms with Crippen molar-refractivity contribution in [2.45, 2.75) is 76.1 Å². The van der Waals surface area contributed by atoms with Crippen LogP contribution in [0, 0.1) is 5.92 Å². The quantitative estimate of drug-likeness (QED) is 0.599. The van der Waals surface area contributed by atoms with Crippen LogP contribution in [0.2, 0.25) is 0 Å². The third-order valence-corrected chi connectivity index (χ3v) is 6.63. The van der Waals surface area contributed by atoms with E-state index in [0.29, 0.717) is 18.3 Å². The van der Waals surface area contributed by atoms with E-state index in [1.54, 1.807) is 18.3 Å². The fraction of sp³-hybridized carbons (Fsp3) is 0.542. The highest BCUT2D eigenvalue weighted by Gasteiger charge is 2.42. The zero-order valence-electron chi connectivity index (χ0n) is 20.5. The summed E-state index contributed by atoms with van der Waals surface area (Å²) in [6.45, 7) is 10.4. The molecule has 0 saturated carbocycles. The van der Waals surface area contributed by atoms with Crippen LogP contribution in [0.25, 0.3) is 0 Å². The molecule has 9 nitrogen and oxygen atoms in total. The number of likely N-dealkylation sites (tertiary alicyclic amines) is 1. The molecular weight excluding hydrogens is 454 g/mol. The molecule has 3 rings (SSSR count). The van der Waals surface area contributed by atoms with Gasteiger partial charge in [-0.25, -0.2) is 23.3 Å². The summed E-state index contributed by atoms with van der Waals surface area (Å²) in [6, 6.07) is 10.2. The van der Waals surface area contributed by atoms with Crippen LogP contribution in [-0.4, -0.2) is 47.1 Å². The van der Waals surface area contributed by atoms with Crippen molar-refractivity contribution in [3.05, 3.63) is 48.3 Å². The smallest absolute Gasteiger partial charge is 0.410 e. The maximum absolute atomic E-state index is 12.7. The molecular formula is C24H35N5O4S. The van der Waals surface area contributed by atoms with Gasteiger partial charge in [0.2, 0.25) is 0 Å². The molecule has 10 heteroatoms. The van der Waals surface area contributed by atoms with Crippen molar-refractivity contribution in [2.24, 2.45) is 11.1 Å². The molecule has 1 unspecified atom stereocenters. The van der Waals surface area contributed by atoms with E-state index in [-0.39, 0.29) is 22.7 Å². The third kappa shape index (κ3) is 6.89. The Morgan fingerprint density at radius 1 is 1.26 bits per heavy atom. The lowest BCUT2D eigenvalue weighted by Gasteiger charge is -2.33. The molecule has 3 N–H and O–H groups in total. The number of sulfonamides is 1. The zero-order chi connectivity index (χ0) is 25.1. The van der Waals surface area contributed by atoms with E-state index in [9.17, 15) is 13.2 Å². The molecule has 0 aromatic carbocycles. The third-order valence-electron chi connectivity index (χ3n) is 5.82. The van der Waals surface area contributed by atoms with Gasteiger partial charge in [-0.1, -0.05) is 12.1 Å². The average Bonchev–Trinajstić information content (AvgIpc) is 3.04. The van der Waals surface area contributed by atoms with Gasteiger partial charge in [-0.05, 0) is 84.1 Å². The number of pyridine rings is 2. The molecule has 186 valence electrons. The number of hydrogen-bond acceptors (Lipinski definition) is 7. The van der Waals surface area contributed by atoms with E-state index < -0.39 is 15.6 Å². The Balaban J connectivity index is 1.73. The number of primary sulfonamides is 1. The van der Waals surface area contributed by atoms with Crippen LogP contribution >= 0.6 is 0 Å². The SMILES string of the molecule is CC(C)(C)OC(=O)N1C[C@@H](CCC(Nc2cccc(S(N)(=O)=O)n2)c2ccccn2)CC1(C)C. The van der Waals surface area contributed by atoms with Gasteiger partial charge in [0.1, 0.15) is 11.4 Å². The minimum Gasteiger partial charge on any atom is -0.444 e. The maximum atomic E-state index is 12.7. The van der Waals surface area contributed by atoms with Crippen LogP contribution in [0.15, 0.2) is 47.6 Å². The molecule has 1 aliphatic heterocycles. The van der Waals surface area contributed by atoms with Crippen molar-refractivity contribution in [3.8, 4) is 0 Å². The summed E-state index contributed by atoms with van der Waals surface area (Å²) in [5.41, 5.74) is -0.0176.